The van der Waals surface area contributed by atoms with E-state index in [1.165, 1.54) is 23.9 Å². The summed E-state index contributed by atoms with van der Waals surface area (Å²) in [5.41, 5.74) is 0. The molecule has 1 aliphatic rings. The number of aliphatic hydroxyl groups is 1. The summed E-state index contributed by atoms with van der Waals surface area (Å²) in [6, 6.07) is 6.46. The Morgan fingerprint density at radius 2 is 1.95 bits per heavy atom. The molecule has 2 atom stereocenters. The molecule has 0 spiro atoms. The quantitative estimate of drug-likeness (QED) is 0.795. The normalized spacial score (nSPS) is 23.9. The second-order valence-electron chi connectivity index (χ2n) is 4.84. The van der Waals surface area contributed by atoms with E-state index in [0.29, 0.717) is 0 Å². The van der Waals surface area contributed by atoms with E-state index in [0.717, 1.165) is 9.20 Å². The Labute approximate surface area is 127 Å². The monoisotopic (exact) mass is 331 g/mol. The summed E-state index contributed by atoms with van der Waals surface area (Å²) >= 11 is 1.51. The van der Waals surface area contributed by atoms with Crippen molar-refractivity contribution in [3.63, 3.8) is 0 Å². The van der Waals surface area contributed by atoms with Crippen molar-refractivity contribution in [2.75, 3.05) is 19.3 Å². The molecular weight excluding hydrogens is 314 g/mol. The van der Waals surface area contributed by atoms with Gasteiger partial charge in [-0.3, -0.25) is 4.79 Å². The van der Waals surface area contributed by atoms with E-state index < -0.39 is 28.0 Å². The number of aliphatic hydroxyl groups excluding tert-OH is 1. The Morgan fingerprint density at radius 3 is 2.48 bits per heavy atom. The molecular formula is C13H17NO5S2. The average Bonchev–Trinajstić information content (AvgIpc) is 2.47. The van der Waals surface area contributed by atoms with Crippen molar-refractivity contribution in [2.24, 2.45) is 5.92 Å². The van der Waals surface area contributed by atoms with Gasteiger partial charge in [-0.2, -0.15) is 4.31 Å². The van der Waals surface area contributed by atoms with Crippen molar-refractivity contribution in [1.82, 2.24) is 4.31 Å². The molecule has 0 aromatic heterocycles. The number of nitrogens with zero attached hydrogens (tertiary/aromatic N) is 1. The summed E-state index contributed by atoms with van der Waals surface area (Å²) in [4.78, 5) is 12.2. The molecule has 21 heavy (non-hydrogen) atoms. The zero-order chi connectivity index (χ0) is 15.6. The van der Waals surface area contributed by atoms with Crippen LogP contribution in [0.4, 0.5) is 0 Å². The summed E-state index contributed by atoms with van der Waals surface area (Å²) in [7, 11) is -3.73. The van der Waals surface area contributed by atoms with Crippen LogP contribution in [0.25, 0.3) is 0 Å². The number of carboxylic acid groups (broad SMARTS) is 1. The highest BCUT2D eigenvalue weighted by Crippen LogP contribution is 2.25. The molecule has 2 rings (SSSR count). The van der Waals surface area contributed by atoms with Crippen molar-refractivity contribution >= 4 is 27.8 Å². The maximum absolute atomic E-state index is 12.5. The zero-order valence-electron chi connectivity index (χ0n) is 11.5. The molecule has 1 heterocycles. The molecule has 1 aromatic carbocycles. The predicted octanol–water partition coefficient (Wildman–Crippen LogP) is 0.865. The van der Waals surface area contributed by atoms with Gasteiger partial charge in [0.2, 0.25) is 10.0 Å². The Hall–Kier alpha value is -1.09. The lowest BCUT2D eigenvalue weighted by Crippen LogP contribution is -2.48. The first-order valence-electron chi connectivity index (χ1n) is 6.41. The third-order valence-electron chi connectivity index (χ3n) is 3.55. The second kappa shape index (κ2) is 6.35. The standard InChI is InChI=1S/C13H17NO5S2/c1-20-9-2-4-10(5-3-9)21(18,19)14-7-6-12(15)11(8-14)13(16)17/h2-5,11-12,15H,6-8H2,1H3,(H,16,17)/t11-,12+/m0/s1. The highest BCUT2D eigenvalue weighted by Gasteiger charge is 2.38. The van der Waals surface area contributed by atoms with Gasteiger partial charge in [-0.25, -0.2) is 8.42 Å². The van der Waals surface area contributed by atoms with Crippen LogP contribution in [-0.2, 0) is 14.8 Å². The molecule has 0 saturated carbocycles. The van der Waals surface area contributed by atoms with E-state index in [2.05, 4.69) is 0 Å². The van der Waals surface area contributed by atoms with Gasteiger partial charge in [0.05, 0.1) is 16.9 Å². The van der Waals surface area contributed by atoms with Crippen LogP contribution in [0.15, 0.2) is 34.1 Å². The topological polar surface area (TPSA) is 94.9 Å². The van der Waals surface area contributed by atoms with Gasteiger partial charge in [0.25, 0.3) is 0 Å². The highest BCUT2D eigenvalue weighted by atomic mass is 32.2. The molecule has 6 nitrogen and oxygen atoms in total. The molecule has 0 amide bonds. The molecule has 116 valence electrons. The number of piperidine rings is 1. The minimum Gasteiger partial charge on any atom is -0.481 e. The molecule has 1 fully saturated rings. The van der Waals surface area contributed by atoms with Gasteiger partial charge in [-0.05, 0) is 36.9 Å². The summed E-state index contributed by atoms with van der Waals surface area (Å²) in [5.74, 6) is -2.26. The summed E-state index contributed by atoms with van der Waals surface area (Å²) in [6.07, 6.45) is 1.01. The predicted molar refractivity (Wildman–Crippen MR) is 78.7 cm³/mol. The van der Waals surface area contributed by atoms with E-state index in [1.807, 2.05) is 6.26 Å². The van der Waals surface area contributed by atoms with E-state index in [4.69, 9.17) is 5.11 Å². The fourth-order valence-electron chi connectivity index (χ4n) is 2.27. The van der Waals surface area contributed by atoms with Gasteiger partial charge < -0.3 is 10.2 Å². The maximum Gasteiger partial charge on any atom is 0.310 e. The molecule has 0 aliphatic carbocycles. The number of sulfonamides is 1. The number of benzene rings is 1. The lowest BCUT2D eigenvalue weighted by molar-refractivity contribution is -0.147. The second-order valence-corrected chi connectivity index (χ2v) is 7.66. The van der Waals surface area contributed by atoms with Gasteiger partial charge in [-0.15, -0.1) is 11.8 Å². The van der Waals surface area contributed by atoms with Crippen LogP contribution in [0.3, 0.4) is 0 Å². The lowest BCUT2D eigenvalue weighted by Gasteiger charge is -2.33. The van der Waals surface area contributed by atoms with Crippen molar-refractivity contribution in [3.05, 3.63) is 24.3 Å². The van der Waals surface area contributed by atoms with Gasteiger partial charge in [0, 0.05) is 18.0 Å². The van der Waals surface area contributed by atoms with Crippen molar-refractivity contribution in [2.45, 2.75) is 22.3 Å². The number of hydrogen-bond donors (Lipinski definition) is 2. The number of aliphatic carboxylic acids is 1. The van der Waals surface area contributed by atoms with Crippen molar-refractivity contribution in [1.29, 1.82) is 0 Å². The van der Waals surface area contributed by atoms with Gasteiger partial charge in [0.1, 0.15) is 0 Å². The van der Waals surface area contributed by atoms with E-state index in [9.17, 15) is 18.3 Å². The Balaban J connectivity index is 2.24. The molecule has 8 heteroatoms. The highest BCUT2D eigenvalue weighted by molar-refractivity contribution is 7.98. The zero-order valence-corrected chi connectivity index (χ0v) is 13.1. The van der Waals surface area contributed by atoms with Crippen LogP contribution in [0.2, 0.25) is 0 Å². The summed E-state index contributed by atoms with van der Waals surface area (Å²) < 4.78 is 26.1. The van der Waals surface area contributed by atoms with Crippen LogP contribution in [0, 0.1) is 5.92 Å². The van der Waals surface area contributed by atoms with Gasteiger partial charge in [-0.1, -0.05) is 0 Å². The first-order valence-corrected chi connectivity index (χ1v) is 9.08. The van der Waals surface area contributed by atoms with Crippen molar-refractivity contribution < 1.29 is 23.4 Å². The molecule has 0 bridgehead atoms. The molecule has 2 N–H and O–H groups in total. The summed E-state index contributed by atoms with van der Waals surface area (Å²) in [6.45, 7) is -0.0827. The largest absolute Gasteiger partial charge is 0.481 e. The number of hydrogen-bond acceptors (Lipinski definition) is 5. The average molecular weight is 331 g/mol. The first-order chi connectivity index (χ1) is 9.86. The first kappa shape index (κ1) is 16.3. The van der Waals surface area contributed by atoms with Crippen LogP contribution >= 0.6 is 11.8 Å². The fraction of sp³-hybridized carbons (Fsp3) is 0.462. The number of carbonyl (C=O) groups is 1. The number of carboxylic acids is 1. The van der Waals surface area contributed by atoms with Crippen molar-refractivity contribution in [3.8, 4) is 0 Å². The van der Waals surface area contributed by atoms with E-state index in [-0.39, 0.29) is 24.4 Å². The van der Waals surface area contributed by atoms with E-state index >= 15 is 0 Å². The third-order valence-corrected chi connectivity index (χ3v) is 6.18. The van der Waals surface area contributed by atoms with Gasteiger partial charge in [0.15, 0.2) is 0 Å². The smallest absolute Gasteiger partial charge is 0.310 e. The van der Waals surface area contributed by atoms with Crippen LogP contribution in [0.1, 0.15) is 6.42 Å². The molecule has 0 radical (unpaired) electrons. The SMILES string of the molecule is CSc1ccc(S(=O)(=O)N2CC[C@@H](O)[C@@H](C(=O)O)C2)cc1. The number of thioether (sulfide) groups is 1. The fourth-order valence-corrected chi connectivity index (χ4v) is 4.16. The Kier molecular flexibility index (Phi) is 4.92. The minimum atomic E-state index is -3.73. The van der Waals surface area contributed by atoms with E-state index in [1.54, 1.807) is 12.1 Å². The van der Waals surface area contributed by atoms with Crippen LogP contribution in [-0.4, -0.2) is 54.4 Å². The minimum absolute atomic E-state index is 0.123. The van der Waals surface area contributed by atoms with Crippen LogP contribution in [0.5, 0.6) is 0 Å². The number of rotatable bonds is 4. The third kappa shape index (κ3) is 3.39. The lowest BCUT2D eigenvalue weighted by atomic mass is 9.96. The molecule has 0 unspecified atom stereocenters. The molecule has 1 saturated heterocycles. The van der Waals surface area contributed by atoms with Crippen LogP contribution < -0.4 is 0 Å². The molecule has 1 aromatic rings. The summed E-state index contributed by atoms with van der Waals surface area (Å²) in [5, 5.41) is 18.7. The van der Waals surface area contributed by atoms with Gasteiger partial charge >= 0.3 is 5.97 Å². The maximum atomic E-state index is 12.5. The Morgan fingerprint density at radius 1 is 1.33 bits per heavy atom. The Bertz CT molecular complexity index is 614. The molecule has 1 aliphatic heterocycles.